The summed E-state index contributed by atoms with van der Waals surface area (Å²) in [7, 11) is 0. The van der Waals surface area contributed by atoms with Crippen LogP contribution >= 0.6 is 0 Å². The molecule has 0 spiro atoms. The highest BCUT2D eigenvalue weighted by atomic mass is 16.5. The highest BCUT2D eigenvalue weighted by Crippen LogP contribution is 2.22. The van der Waals surface area contributed by atoms with Crippen LogP contribution in [0.2, 0.25) is 0 Å². The van der Waals surface area contributed by atoms with Crippen LogP contribution < -0.4 is 4.74 Å². The smallest absolute Gasteiger partial charge is 0.120 e. The molecule has 0 aliphatic heterocycles. The molecule has 2 rings (SSSR count). The van der Waals surface area contributed by atoms with E-state index in [1.807, 2.05) is 44.3 Å². The molecule has 0 unspecified atom stereocenters. The number of aromatic nitrogens is 1. The number of aromatic amines is 1. The number of nitriles is 1. The summed E-state index contributed by atoms with van der Waals surface area (Å²) in [6, 6.07) is 10.2. The number of rotatable bonds is 4. The second-order valence-electron chi connectivity index (χ2n) is 4.82. The lowest BCUT2D eigenvalue weighted by molar-refractivity contribution is 0.264. The molecule has 0 aliphatic rings. The number of fused-ring (bicyclic) bond motifs is 1. The largest absolute Gasteiger partial charge is 0.494 e. The molecule has 0 radical (unpaired) electrons. The van der Waals surface area contributed by atoms with Gasteiger partial charge in [0.15, 0.2) is 0 Å². The third-order valence-corrected chi connectivity index (χ3v) is 2.82. The minimum absolute atomic E-state index is 0.321. The molecule has 3 heteroatoms. The van der Waals surface area contributed by atoms with E-state index in [0.29, 0.717) is 6.61 Å². The van der Waals surface area contributed by atoms with Crippen molar-refractivity contribution in [1.82, 2.24) is 4.98 Å². The number of nitrogens with one attached hydrogen (secondary N) is 1. The fourth-order valence-electron chi connectivity index (χ4n) is 1.60. The fourth-order valence-corrected chi connectivity index (χ4v) is 1.60. The van der Waals surface area contributed by atoms with E-state index in [1.54, 1.807) is 0 Å². The first-order valence-electron chi connectivity index (χ1n) is 5.72. The zero-order valence-corrected chi connectivity index (χ0v) is 10.2. The van der Waals surface area contributed by atoms with E-state index < -0.39 is 0 Å². The van der Waals surface area contributed by atoms with Crippen LogP contribution in [0.3, 0.4) is 0 Å². The average Bonchev–Trinajstić information content (AvgIpc) is 2.76. The lowest BCUT2D eigenvalue weighted by Gasteiger charge is -2.15. The maximum atomic E-state index is 8.90. The van der Waals surface area contributed by atoms with Crippen LogP contribution in [-0.4, -0.2) is 11.6 Å². The van der Waals surface area contributed by atoms with Gasteiger partial charge in [-0.3, -0.25) is 0 Å². The number of benzene rings is 1. The van der Waals surface area contributed by atoms with Crippen molar-refractivity contribution in [3.05, 3.63) is 30.5 Å². The summed E-state index contributed by atoms with van der Waals surface area (Å²) in [5.41, 5.74) is 0.785. The maximum Gasteiger partial charge on any atom is 0.120 e. The lowest BCUT2D eigenvalue weighted by atomic mass is 9.92. The van der Waals surface area contributed by atoms with Gasteiger partial charge in [0, 0.05) is 17.1 Å². The Balaban J connectivity index is 1.97. The number of ether oxygens (including phenoxy) is 1. The summed E-state index contributed by atoms with van der Waals surface area (Å²) in [4.78, 5) is 3.14. The maximum absolute atomic E-state index is 8.90. The Bertz CT molecular complexity index is 549. The molecule has 1 N–H and O–H groups in total. The minimum atomic E-state index is -0.321. The molecule has 0 fully saturated rings. The van der Waals surface area contributed by atoms with Crippen LogP contribution in [0.1, 0.15) is 20.3 Å². The molecule has 1 aromatic carbocycles. The Kier molecular flexibility index (Phi) is 3.06. The number of hydrogen-bond acceptors (Lipinski definition) is 2. The summed E-state index contributed by atoms with van der Waals surface area (Å²) < 4.78 is 5.66. The van der Waals surface area contributed by atoms with Gasteiger partial charge in [-0.05, 0) is 44.5 Å². The Morgan fingerprint density at radius 2 is 2.18 bits per heavy atom. The third kappa shape index (κ3) is 2.79. The molecule has 0 saturated heterocycles. The SMILES string of the molecule is CC(C)(C#N)CCOc1ccc2[nH]ccc2c1. The molecule has 0 saturated carbocycles. The van der Waals surface area contributed by atoms with E-state index in [1.165, 1.54) is 0 Å². The molecule has 2 aromatic rings. The van der Waals surface area contributed by atoms with E-state index in [-0.39, 0.29) is 5.41 Å². The first-order valence-corrected chi connectivity index (χ1v) is 5.72. The Labute approximate surface area is 101 Å². The van der Waals surface area contributed by atoms with Crippen LogP contribution in [0.5, 0.6) is 5.75 Å². The van der Waals surface area contributed by atoms with Gasteiger partial charge in [0.1, 0.15) is 5.75 Å². The van der Waals surface area contributed by atoms with Crippen molar-refractivity contribution in [3.8, 4) is 11.8 Å². The summed E-state index contributed by atoms with van der Waals surface area (Å²) in [5, 5.41) is 10.0. The van der Waals surface area contributed by atoms with Gasteiger partial charge in [0.2, 0.25) is 0 Å². The molecular formula is C14H16N2O. The van der Waals surface area contributed by atoms with Crippen molar-refractivity contribution in [3.63, 3.8) is 0 Å². The first kappa shape index (κ1) is 11.5. The molecule has 0 atom stereocenters. The summed E-state index contributed by atoms with van der Waals surface area (Å²) in [5.74, 6) is 0.853. The van der Waals surface area contributed by atoms with E-state index in [0.717, 1.165) is 23.1 Å². The molecule has 1 aromatic heterocycles. The zero-order chi connectivity index (χ0) is 12.3. The zero-order valence-electron chi connectivity index (χ0n) is 10.2. The van der Waals surface area contributed by atoms with Gasteiger partial charge in [-0.15, -0.1) is 0 Å². The normalized spacial score (nSPS) is 11.4. The Hall–Kier alpha value is -1.95. The van der Waals surface area contributed by atoms with Crippen LogP contribution in [0, 0.1) is 16.7 Å². The quantitative estimate of drug-likeness (QED) is 0.870. The third-order valence-electron chi connectivity index (χ3n) is 2.82. The van der Waals surface area contributed by atoms with Crippen LogP contribution in [0.15, 0.2) is 30.5 Å². The molecule has 0 amide bonds. The molecule has 1 heterocycles. The van der Waals surface area contributed by atoms with Crippen molar-refractivity contribution in [2.24, 2.45) is 5.41 Å². The van der Waals surface area contributed by atoms with Gasteiger partial charge >= 0.3 is 0 Å². The van der Waals surface area contributed by atoms with Crippen molar-refractivity contribution in [1.29, 1.82) is 5.26 Å². The molecular weight excluding hydrogens is 212 g/mol. The number of nitrogens with zero attached hydrogens (tertiary/aromatic N) is 1. The highest BCUT2D eigenvalue weighted by Gasteiger charge is 2.16. The molecule has 3 nitrogen and oxygen atoms in total. The summed E-state index contributed by atoms with van der Waals surface area (Å²) in [6.07, 6.45) is 2.64. The average molecular weight is 228 g/mol. The van der Waals surface area contributed by atoms with Gasteiger partial charge in [0.25, 0.3) is 0 Å². The molecule has 0 aliphatic carbocycles. The second-order valence-corrected chi connectivity index (χ2v) is 4.82. The number of hydrogen-bond donors (Lipinski definition) is 1. The van der Waals surface area contributed by atoms with Crippen molar-refractivity contribution < 1.29 is 4.74 Å². The lowest BCUT2D eigenvalue weighted by Crippen LogP contribution is -2.13. The summed E-state index contributed by atoms with van der Waals surface area (Å²) in [6.45, 7) is 4.41. The van der Waals surface area contributed by atoms with Gasteiger partial charge in [-0.25, -0.2) is 0 Å². The topological polar surface area (TPSA) is 48.8 Å². The van der Waals surface area contributed by atoms with Crippen molar-refractivity contribution in [2.75, 3.05) is 6.61 Å². The van der Waals surface area contributed by atoms with Gasteiger partial charge in [-0.2, -0.15) is 5.26 Å². The van der Waals surface area contributed by atoms with Gasteiger partial charge in [0.05, 0.1) is 18.1 Å². The fraction of sp³-hybridized carbons (Fsp3) is 0.357. The summed E-state index contributed by atoms with van der Waals surface area (Å²) >= 11 is 0. The van der Waals surface area contributed by atoms with Gasteiger partial charge in [-0.1, -0.05) is 0 Å². The van der Waals surface area contributed by atoms with Crippen LogP contribution in [0.4, 0.5) is 0 Å². The number of H-pyrrole nitrogens is 1. The van der Waals surface area contributed by atoms with E-state index >= 15 is 0 Å². The van der Waals surface area contributed by atoms with Crippen LogP contribution in [0.25, 0.3) is 10.9 Å². The highest BCUT2D eigenvalue weighted by molar-refractivity contribution is 5.80. The standard InChI is InChI=1S/C14H16N2O/c1-14(2,10-15)6-8-17-12-3-4-13-11(9-12)5-7-16-13/h3-5,7,9,16H,6,8H2,1-2H3. The van der Waals surface area contributed by atoms with Gasteiger partial charge < -0.3 is 9.72 Å². The molecule has 17 heavy (non-hydrogen) atoms. The first-order chi connectivity index (χ1) is 8.11. The van der Waals surface area contributed by atoms with E-state index in [2.05, 4.69) is 11.1 Å². The molecule has 88 valence electrons. The van der Waals surface area contributed by atoms with Crippen molar-refractivity contribution in [2.45, 2.75) is 20.3 Å². The van der Waals surface area contributed by atoms with E-state index in [4.69, 9.17) is 10.00 Å². The van der Waals surface area contributed by atoms with Crippen LogP contribution in [-0.2, 0) is 0 Å². The second kappa shape index (κ2) is 4.50. The molecule has 0 bridgehead atoms. The van der Waals surface area contributed by atoms with E-state index in [9.17, 15) is 0 Å². The Morgan fingerprint density at radius 1 is 1.35 bits per heavy atom. The predicted octanol–water partition coefficient (Wildman–Crippen LogP) is 3.49. The monoisotopic (exact) mass is 228 g/mol. The predicted molar refractivity (Wildman–Crippen MR) is 67.8 cm³/mol. The minimum Gasteiger partial charge on any atom is -0.494 e. The van der Waals surface area contributed by atoms with Crippen molar-refractivity contribution >= 4 is 10.9 Å². The Morgan fingerprint density at radius 3 is 2.94 bits per heavy atom.